The molecule has 1 aromatic heterocycles. The van der Waals surface area contributed by atoms with Crippen molar-refractivity contribution in [3.63, 3.8) is 0 Å². The van der Waals surface area contributed by atoms with Crippen LogP contribution in [0.5, 0.6) is 5.75 Å². The lowest BCUT2D eigenvalue weighted by atomic mass is 9.49. The van der Waals surface area contributed by atoms with E-state index in [1.807, 2.05) is 0 Å². The van der Waals surface area contributed by atoms with Gasteiger partial charge in [0.25, 0.3) is 5.91 Å². The fourth-order valence-corrected chi connectivity index (χ4v) is 6.16. The van der Waals surface area contributed by atoms with Crippen molar-refractivity contribution in [2.24, 2.45) is 10.8 Å². The standard InChI is InChI=1S/C28H37ClN6O4/c1-27(2)24(28(3,4)25(27)39-21-6-5-19(16-30)22(29)15-21)33-23(37)20-17-31-26(32-18-20)35-9-7-34(8-10-35)11-13-38-14-12-36/h5-6,15,17-18,24-25,36H,7-14H2,1-4H3,(H,33,37). The molecular weight excluding hydrogens is 520 g/mol. The molecule has 0 unspecified atom stereocenters. The first-order valence-corrected chi connectivity index (χ1v) is 13.6. The number of nitriles is 1. The average molecular weight is 557 g/mol. The van der Waals surface area contributed by atoms with E-state index in [0.29, 0.717) is 41.1 Å². The van der Waals surface area contributed by atoms with Gasteiger partial charge in [-0.2, -0.15) is 5.26 Å². The Morgan fingerprint density at radius 1 is 1.15 bits per heavy atom. The number of rotatable bonds is 10. The Hall–Kier alpha value is -2.97. The fourth-order valence-electron chi connectivity index (χ4n) is 5.94. The number of aliphatic hydroxyl groups excluding tert-OH is 1. The molecule has 1 amide bonds. The molecule has 2 aliphatic rings. The highest BCUT2D eigenvalue weighted by Crippen LogP contribution is 2.55. The molecule has 2 aromatic rings. The number of anilines is 1. The van der Waals surface area contributed by atoms with Gasteiger partial charge in [-0.25, -0.2) is 9.97 Å². The van der Waals surface area contributed by atoms with Crippen molar-refractivity contribution >= 4 is 23.5 Å². The summed E-state index contributed by atoms with van der Waals surface area (Å²) in [4.78, 5) is 26.5. The Morgan fingerprint density at radius 2 is 1.82 bits per heavy atom. The van der Waals surface area contributed by atoms with Crippen LogP contribution in [0.2, 0.25) is 5.02 Å². The first-order chi connectivity index (χ1) is 18.6. The highest BCUT2D eigenvalue weighted by atomic mass is 35.5. The molecule has 1 saturated carbocycles. The van der Waals surface area contributed by atoms with E-state index < -0.39 is 0 Å². The number of halogens is 1. The number of nitrogens with zero attached hydrogens (tertiary/aromatic N) is 5. The van der Waals surface area contributed by atoms with E-state index in [4.69, 9.17) is 31.4 Å². The smallest absolute Gasteiger partial charge is 0.254 e. The maximum Gasteiger partial charge on any atom is 0.254 e. The van der Waals surface area contributed by atoms with Gasteiger partial charge in [0.15, 0.2) is 0 Å². The van der Waals surface area contributed by atoms with Gasteiger partial charge < -0.3 is 24.8 Å². The van der Waals surface area contributed by atoms with Crippen molar-refractivity contribution in [3.8, 4) is 11.8 Å². The number of nitrogens with one attached hydrogen (secondary N) is 1. The second-order valence-electron chi connectivity index (χ2n) is 11.2. The van der Waals surface area contributed by atoms with Crippen LogP contribution in [0.4, 0.5) is 5.95 Å². The maximum absolute atomic E-state index is 13.2. The monoisotopic (exact) mass is 556 g/mol. The molecule has 0 atom stereocenters. The molecule has 1 aliphatic carbocycles. The maximum atomic E-state index is 13.2. The summed E-state index contributed by atoms with van der Waals surface area (Å²) < 4.78 is 11.7. The van der Waals surface area contributed by atoms with E-state index >= 15 is 0 Å². The van der Waals surface area contributed by atoms with E-state index in [9.17, 15) is 4.79 Å². The molecule has 1 aliphatic heterocycles. The van der Waals surface area contributed by atoms with Gasteiger partial charge in [0.05, 0.1) is 36.0 Å². The number of carbonyl (C=O) groups excluding carboxylic acids is 1. The number of hydrogen-bond donors (Lipinski definition) is 2. The van der Waals surface area contributed by atoms with Crippen molar-refractivity contribution in [2.75, 3.05) is 57.4 Å². The molecule has 0 radical (unpaired) electrons. The van der Waals surface area contributed by atoms with E-state index in [-0.39, 0.29) is 35.5 Å². The highest BCUT2D eigenvalue weighted by Gasteiger charge is 2.64. The van der Waals surface area contributed by atoms with Gasteiger partial charge in [0, 0.05) is 68.1 Å². The SMILES string of the molecule is CC1(C)C(NC(=O)c2cnc(N3CCN(CCOCCO)CC3)nc2)C(C)(C)C1Oc1ccc(C#N)c(Cl)c1. The minimum Gasteiger partial charge on any atom is -0.489 e. The zero-order valence-corrected chi connectivity index (χ0v) is 23.7. The average Bonchev–Trinajstić information content (AvgIpc) is 2.93. The van der Waals surface area contributed by atoms with E-state index in [1.165, 1.54) is 0 Å². The Labute approximate surface area is 234 Å². The molecular formula is C28H37ClN6O4. The summed E-state index contributed by atoms with van der Waals surface area (Å²) in [6, 6.07) is 6.96. The molecule has 2 heterocycles. The molecule has 1 saturated heterocycles. The Balaban J connectivity index is 1.32. The molecule has 39 heavy (non-hydrogen) atoms. The Morgan fingerprint density at radius 3 is 2.41 bits per heavy atom. The molecule has 0 bridgehead atoms. The lowest BCUT2D eigenvalue weighted by molar-refractivity contribution is -0.164. The van der Waals surface area contributed by atoms with Gasteiger partial charge in [-0.05, 0) is 12.1 Å². The number of aliphatic hydroxyl groups is 1. The summed E-state index contributed by atoms with van der Waals surface area (Å²) in [6.07, 6.45) is 2.98. The van der Waals surface area contributed by atoms with Crippen molar-refractivity contribution < 1.29 is 19.4 Å². The first-order valence-electron chi connectivity index (χ1n) is 13.2. The molecule has 4 rings (SSSR count). The number of benzene rings is 1. The van der Waals surface area contributed by atoms with Crippen molar-refractivity contribution in [1.29, 1.82) is 5.26 Å². The summed E-state index contributed by atoms with van der Waals surface area (Å²) in [5.74, 6) is 0.983. The molecule has 0 spiro atoms. The number of amides is 1. The first kappa shape index (κ1) is 29.0. The van der Waals surface area contributed by atoms with Gasteiger partial charge in [-0.3, -0.25) is 9.69 Å². The molecule has 11 heteroatoms. The van der Waals surface area contributed by atoms with Crippen LogP contribution >= 0.6 is 11.6 Å². The van der Waals surface area contributed by atoms with Crippen molar-refractivity contribution in [3.05, 3.63) is 46.7 Å². The Bertz CT molecular complexity index is 1180. The van der Waals surface area contributed by atoms with Crippen molar-refractivity contribution in [1.82, 2.24) is 20.2 Å². The minimum absolute atomic E-state index is 0.0415. The molecule has 210 valence electrons. The highest BCUT2D eigenvalue weighted by molar-refractivity contribution is 6.31. The summed E-state index contributed by atoms with van der Waals surface area (Å²) in [5.41, 5.74) is 0.0946. The minimum atomic E-state index is -0.358. The van der Waals surface area contributed by atoms with Gasteiger partial charge in [0.2, 0.25) is 5.95 Å². The van der Waals surface area contributed by atoms with Crippen LogP contribution in [0.1, 0.15) is 43.6 Å². The van der Waals surface area contributed by atoms with Crippen LogP contribution in [0, 0.1) is 22.2 Å². The summed E-state index contributed by atoms with van der Waals surface area (Å²) in [5, 5.41) is 21.5. The second kappa shape index (κ2) is 12.0. The molecule has 2 fully saturated rings. The van der Waals surface area contributed by atoms with Gasteiger partial charge in [-0.15, -0.1) is 0 Å². The molecule has 1 aromatic carbocycles. The summed E-state index contributed by atoms with van der Waals surface area (Å²) in [6.45, 7) is 13.4. The largest absolute Gasteiger partial charge is 0.489 e. The fraction of sp³-hybridized carbons (Fsp3) is 0.571. The van der Waals surface area contributed by atoms with Crippen LogP contribution in [0.25, 0.3) is 0 Å². The number of carbonyl (C=O) groups is 1. The van der Waals surface area contributed by atoms with E-state index in [2.05, 4.69) is 58.8 Å². The number of piperazine rings is 1. The number of ether oxygens (including phenoxy) is 2. The van der Waals surface area contributed by atoms with Crippen LogP contribution in [-0.4, -0.2) is 90.6 Å². The lowest BCUT2D eigenvalue weighted by Crippen LogP contribution is -2.74. The van der Waals surface area contributed by atoms with Crippen LogP contribution in [0.15, 0.2) is 30.6 Å². The zero-order valence-electron chi connectivity index (χ0n) is 23.0. The topological polar surface area (TPSA) is 124 Å². The third kappa shape index (κ3) is 6.28. The summed E-state index contributed by atoms with van der Waals surface area (Å²) in [7, 11) is 0. The molecule has 10 nitrogen and oxygen atoms in total. The van der Waals surface area contributed by atoms with Gasteiger partial charge in [-0.1, -0.05) is 39.3 Å². The third-order valence-electron chi connectivity index (χ3n) is 7.77. The van der Waals surface area contributed by atoms with E-state index in [0.717, 1.165) is 32.7 Å². The summed E-state index contributed by atoms with van der Waals surface area (Å²) >= 11 is 6.19. The number of hydrogen-bond acceptors (Lipinski definition) is 9. The van der Waals surface area contributed by atoms with E-state index in [1.54, 1.807) is 30.6 Å². The van der Waals surface area contributed by atoms with Crippen LogP contribution in [0.3, 0.4) is 0 Å². The van der Waals surface area contributed by atoms with Crippen molar-refractivity contribution in [2.45, 2.75) is 39.8 Å². The van der Waals surface area contributed by atoms with Crippen LogP contribution in [-0.2, 0) is 4.74 Å². The predicted octanol–water partition coefficient (Wildman–Crippen LogP) is 2.74. The second-order valence-corrected chi connectivity index (χ2v) is 11.6. The van der Waals surface area contributed by atoms with Gasteiger partial charge in [0.1, 0.15) is 17.9 Å². The lowest BCUT2D eigenvalue weighted by Gasteiger charge is -2.63. The van der Waals surface area contributed by atoms with Crippen LogP contribution < -0.4 is 15.0 Å². The predicted molar refractivity (Wildman–Crippen MR) is 148 cm³/mol. The molecule has 2 N–H and O–H groups in total. The Kier molecular flexibility index (Phi) is 8.96. The quantitative estimate of drug-likeness (QED) is 0.425. The zero-order chi connectivity index (χ0) is 28.2. The van der Waals surface area contributed by atoms with Gasteiger partial charge >= 0.3 is 0 Å². The number of aromatic nitrogens is 2. The normalized spacial score (nSPS) is 22.0. The third-order valence-corrected chi connectivity index (χ3v) is 8.09.